The van der Waals surface area contributed by atoms with Crippen molar-refractivity contribution < 1.29 is 48.0 Å². The van der Waals surface area contributed by atoms with E-state index in [4.69, 9.17) is 24.5 Å². The highest BCUT2D eigenvalue weighted by Gasteiger charge is 2.42. The number of carboxylic acids is 1. The Morgan fingerprint density at radius 1 is 0.917 bits per heavy atom. The fourth-order valence-corrected chi connectivity index (χ4v) is 4.98. The summed E-state index contributed by atoms with van der Waals surface area (Å²) in [5.41, 5.74) is 7.16. The molecule has 264 valence electrons. The molecule has 1 N–H and O–H groups in total. The van der Waals surface area contributed by atoms with Gasteiger partial charge in [-0.3, -0.25) is 9.36 Å². The van der Waals surface area contributed by atoms with Gasteiger partial charge in [0.15, 0.2) is 0 Å². The molecule has 1 aromatic carbocycles. The quantitative estimate of drug-likeness (QED) is 0.0934. The molecule has 0 saturated carbocycles. The van der Waals surface area contributed by atoms with Crippen molar-refractivity contribution in [2.45, 2.75) is 117 Å². The number of carbonyl (C=O) groups is 5. The molecule has 0 bridgehead atoms. The van der Waals surface area contributed by atoms with Crippen LogP contribution in [0, 0.1) is 5.92 Å². The number of nitrogens with zero attached hydrogens (tertiary/aromatic N) is 5. The second-order valence-electron chi connectivity index (χ2n) is 14.6. The third-order valence-electron chi connectivity index (χ3n) is 6.75. The smallest absolute Gasteiger partial charge is 0.420 e. The van der Waals surface area contributed by atoms with Gasteiger partial charge < -0.3 is 24.1 Å². The average molecular weight is 674 g/mol. The van der Waals surface area contributed by atoms with Crippen LogP contribution in [0.4, 0.5) is 14.4 Å². The molecule has 3 atom stereocenters. The molecular formula is C33H47N5O10. The monoisotopic (exact) mass is 673 g/mol. The normalized spacial score (nSPS) is 13.9. The zero-order chi connectivity index (χ0) is 36.9. The van der Waals surface area contributed by atoms with Crippen LogP contribution in [-0.4, -0.2) is 80.8 Å². The van der Waals surface area contributed by atoms with E-state index in [9.17, 15) is 29.1 Å². The molecule has 1 heterocycles. The van der Waals surface area contributed by atoms with Crippen LogP contribution in [0.5, 0.6) is 0 Å². The van der Waals surface area contributed by atoms with Crippen LogP contribution in [-0.2, 0) is 35.0 Å². The van der Waals surface area contributed by atoms with E-state index in [1.165, 1.54) is 10.8 Å². The van der Waals surface area contributed by atoms with Crippen molar-refractivity contribution in [3.8, 4) is 0 Å². The SMILES string of the molecule is COC(=O)[C@H](Cc1cn(C(=O)OC(C)(C)C)c2cc([C@@H](C(C)C)[C@H](N=[N+]=[N-])C(=O)O)ccc12)N(C(=O)OC(C)(C)C)C(=O)OC(C)(C)C. The number of benzene rings is 1. The summed E-state index contributed by atoms with van der Waals surface area (Å²) in [7, 11) is 1.10. The molecule has 1 aromatic heterocycles. The molecule has 2 amide bonds. The minimum Gasteiger partial charge on any atom is -0.481 e. The summed E-state index contributed by atoms with van der Waals surface area (Å²) in [6, 6.07) is 1.79. The van der Waals surface area contributed by atoms with Gasteiger partial charge in [0.25, 0.3) is 0 Å². The maximum absolute atomic E-state index is 13.5. The molecule has 0 aliphatic rings. The highest BCUT2D eigenvalue weighted by Crippen LogP contribution is 2.35. The Hall–Kier alpha value is -4.78. The minimum absolute atomic E-state index is 0.275. The summed E-state index contributed by atoms with van der Waals surface area (Å²) in [6.45, 7) is 18.2. The van der Waals surface area contributed by atoms with Gasteiger partial charge in [-0.15, -0.1) is 0 Å². The Balaban J connectivity index is 2.89. The fraction of sp³-hybridized carbons (Fsp3) is 0.606. The third kappa shape index (κ3) is 10.4. The summed E-state index contributed by atoms with van der Waals surface area (Å²) in [6.07, 6.45) is -2.01. The second-order valence-corrected chi connectivity index (χ2v) is 14.6. The number of carbonyl (C=O) groups excluding carboxylic acids is 4. The molecule has 0 aliphatic heterocycles. The van der Waals surface area contributed by atoms with Crippen molar-refractivity contribution in [3.63, 3.8) is 0 Å². The number of azide groups is 1. The first-order valence-electron chi connectivity index (χ1n) is 15.4. The lowest BCUT2D eigenvalue weighted by Crippen LogP contribution is -2.53. The van der Waals surface area contributed by atoms with Gasteiger partial charge in [0.1, 0.15) is 28.9 Å². The van der Waals surface area contributed by atoms with Crippen LogP contribution in [0.15, 0.2) is 29.5 Å². The van der Waals surface area contributed by atoms with E-state index in [0.29, 0.717) is 21.4 Å². The van der Waals surface area contributed by atoms with Gasteiger partial charge in [0.2, 0.25) is 0 Å². The van der Waals surface area contributed by atoms with Crippen LogP contribution in [0.1, 0.15) is 93.2 Å². The number of hydrogen-bond acceptors (Lipinski definition) is 10. The lowest BCUT2D eigenvalue weighted by molar-refractivity contribution is -0.146. The molecule has 0 unspecified atom stereocenters. The summed E-state index contributed by atoms with van der Waals surface area (Å²) >= 11 is 0. The van der Waals surface area contributed by atoms with Crippen molar-refractivity contribution in [2.24, 2.45) is 11.0 Å². The number of carboxylic acid groups (broad SMARTS) is 1. The van der Waals surface area contributed by atoms with Crippen molar-refractivity contribution in [3.05, 3.63) is 46.0 Å². The van der Waals surface area contributed by atoms with Gasteiger partial charge in [-0.2, -0.15) is 4.90 Å². The number of imide groups is 1. The predicted octanol–water partition coefficient (Wildman–Crippen LogP) is 7.18. The highest BCUT2D eigenvalue weighted by molar-refractivity contribution is 5.96. The van der Waals surface area contributed by atoms with Crippen LogP contribution in [0.2, 0.25) is 0 Å². The molecule has 48 heavy (non-hydrogen) atoms. The van der Waals surface area contributed by atoms with Crippen molar-refractivity contribution in [1.29, 1.82) is 0 Å². The fourth-order valence-electron chi connectivity index (χ4n) is 4.98. The molecule has 2 aromatic rings. The minimum atomic E-state index is -1.60. The number of esters is 1. The lowest BCUT2D eigenvalue weighted by atomic mass is 9.82. The summed E-state index contributed by atoms with van der Waals surface area (Å²) in [5, 5.41) is 13.8. The van der Waals surface area contributed by atoms with Crippen molar-refractivity contribution >= 4 is 41.1 Å². The zero-order valence-corrected chi connectivity index (χ0v) is 29.7. The molecule has 0 radical (unpaired) electrons. The predicted molar refractivity (Wildman–Crippen MR) is 176 cm³/mol. The number of methoxy groups -OCH3 is 1. The van der Waals surface area contributed by atoms with E-state index in [0.717, 1.165) is 7.11 Å². The molecule has 2 rings (SSSR count). The largest absolute Gasteiger partial charge is 0.481 e. The topological polar surface area (TPSA) is 199 Å². The van der Waals surface area contributed by atoms with Crippen molar-refractivity contribution in [2.75, 3.05) is 7.11 Å². The highest BCUT2D eigenvalue weighted by atomic mass is 16.6. The van der Waals surface area contributed by atoms with E-state index in [2.05, 4.69) is 10.0 Å². The number of ether oxygens (including phenoxy) is 4. The number of aromatic nitrogens is 1. The first-order chi connectivity index (χ1) is 21.9. The van der Waals surface area contributed by atoms with Gasteiger partial charge in [-0.05, 0) is 91.0 Å². The van der Waals surface area contributed by atoms with E-state index in [1.54, 1.807) is 94.4 Å². The first-order valence-corrected chi connectivity index (χ1v) is 15.4. The Labute approximate surface area is 280 Å². The van der Waals surface area contributed by atoms with Crippen LogP contribution in [0.3, 0.4) is 0 Å². The number of aliphatic carboxylic acids is 1. The molecule has 15 nitrogen and oxygen atoms in total. The van der Waals surface area contributed by atoms with E-state index in [-0.39, 0.29) is 17.9 Å². The molecule has 0 spiro atoms. The summed E-state index contributed by atoms with van der Waals surface area (Å²) in [4.78, 5) is 69.1. The maximum Gasteiger partial charge on any atom is 0.420 e. The van der Waals surface area contributed by atoms with Crippen molar-refractivity contribution in [1.82, 2.24) is 9.47 Å². The number of rotatable bonds is 9. The number of amides is 2. The van der Waals surface area contributed by atoms with E-state index >= 15 is 0 Å². The zero-order valence-electron chi connectivity index (χ0n) is 29.7. The number of fused-ring (bicyclic) bond motifs is 1. The molecule has 0 aliphatic carbocycles. The van der Waals surface area contributed by atoms with E-state index in [1.807, 2.05) is 0 Å². The molecular weight excluding hydrogens is 626 g/mol. The Morgan fingerprint density at radius 3 is 1.85 bits per heavy atom. The summed E-state index contributed by atoms with van der Waals surface area (Å²) in [5.74, 6) is -3.37. The van der Waals surface area contributed by atoms with Gasteiger partial charge in [0.05, 0.1) is 12.6 Å². The van der Waals surface area contributed by atoms with Crippen LogP contribution >= 0.6 is 0 Å². The second kappa shape index (κ2) is 15.0. The standard InChI is InChI=1S/C33H47N5O10/c1-18(2)24(25(26(39)40)35-36-34)19-13-14-21-20(17-37(22(21)15-19)28(42)46-31(3,4)5)16-23(27(41)45-12)38(29(43)47-32(6,7)8)30(44)48-33(9,10)11/h13-15,17-18,23-25H,16H2,1-12H3,(H,39,40)/t23-,24+,25-/m0/s1. The Morgan fingerprint density at radius 2 is 1.44 bits per heavy atom. The average Bonchev–Trinajstić information content (AvgIpc) is 3.26. The Bertz CT molecular complexity index is 1560. The van der Waals surface area contributed by atoms with Gasteiger partial charge in [0, 0.05) is 28.8 Å². The molecule has 15 heteroatoms. The Kier molecular flexibility index (Phi) is 12.3. The van der Waals surface area contributed by atoms with Gasteiger partial charge in [-0.25, -0.2) is 19.2 Å². The molecule has 0 fully saturated rings. The van der Waals surface area contributed by atoms with Crippen LogP contribution in [0.25, 0.3) is 21.3 Å². The van der Waals surface area contributed by atoms with Gasteiger partial charge >= 0.3 is 30.2 Å². The van der Waals surface area contributed by atoms with Crippen LogP contribution < -0.4 is 0 Å². The number of hydrogen-bond donors (Lipinski definition) is 1. The first kappa shape index (κ1) is 39.4. The molecule has 0 saturated heterocycles. The summed E-state index contributed by atoms with van der Waals surface area (Å²) < 4.78 is 22.8. The lowest BCUT2D eigenvalue weighted by Gasteiger charge is -2.32. The third-order valence-corrected chi connectivity index (χ3v) is 6.75. The maximum atomic E-state index is 13.5. The van der Waals surface area contributed by atoms with E-state index < -0.39 is 65.0 Å². The van der Waals surface area contributed by atoms with Gasteiger partial charge in [-0.1, -0.05) is 31.1 Å².